The zero-order chi connectivity index (χ0) is 20.3. The molecule has 26 heavy (non-hydrogen) atoms. The van der Waals surface area contributed by atoms with Crippen molar-refractivity contribution in [2.24, 2.45) is 10.9 Å². The van der Waals surface area contributed by atoms with Crippen molar-refractivity contribution in [3.05, 3.63) is 47.5 Å². The van der Waals surface area contributed by atoms with Crippen LogP contribution in [0.4, 0.5) is 26.3 Å². The van der Waals surface area contributed by atoms with E-state index in [-0.39, 0.29) is 18.4 Å². The van der Waals surface area contributed by atoms with Crippen LogP contribution in [-0.4, -0.2) is 22.8 Å². The summed E-state index contributed by atoms with van der Waals surface area (Å²) in [6.07, 6.45) is -8.31. The van der Waals surface area contributed by atoms with Gasteiger partial charge < -0.3 is 5.11 Å². The Morgan fingerprint density at radius 3 is 1.88 bits per heavy atom. The van der Waals surface area contributed by atoms with Gasteiger partial charge in [0.25, 0.3) is 0 Å². The number of carbonyl (C=O) groups is 1. The van der Waals surface area contributed by atoms with Crippen LogP contribution in [0.5, 0.6) is 0 Å². The lowest BCUT2D eigenvalue weighted by Gasteiger charge is -2.23. The molecule has 0 spiro atoms. The summed E-state index contributed by atoms with van der Waals surface area (Å²) < 4.78 is 77.1. The van der Waals surface area contributed by atoms with Crippen molar-refractivity contribution in [2.75, 3.05) is 0 Å². The van der Waals surface area contributed by atoms with Gasteiger partial charge in [0.15, 0.2) is 5.54 Å². The van der Waals surface area contributed by atoms with E-state index in [0.717, 1.165) is 6.08 Å². The molecule has 0 aromatic heterocycles. The van der Waals surface area contributed by atoms with Crippen LogP contribution in [0.2, 0.25) is 0 Å². The molecule has 0 fully saturated rings. The number of nitrogens with zero attached hydrogens (tertiary/aromatic N) is 1. The Morgan fingerprint density at radius 2 is 1.58 bits per heavy atom. The molecule has 0 unspecified atom stereocenters. The molecule has 0 heterocycles. The standard InChI is InChI=1S/C17H17F6NO2/c1-4-15(14(25)26,8-10(2)3)24-9-11-5-12(16(18,19)20)7-13(6-11)17(21,22)23/h4-7,9-10H,1,8H2,2-3H3,(H,25,26)/t15-/m1/s1. The second-order valence-corrected chi connectivity index (χ2v) is 6.13. The Hall–Kier alpha value is -2.32. The van der Waals surface area contributed by atoms with Crippen LogP contribution < -0.4 is 0 Å². The molecule has 1 rings (SSSR count). The molecule has 0 aliphatic carbocycles. The van der Waals surface area contributed by atoms with Crippen molar-refractivity contribution in [3.8, 4) is 0 Å². The van der Waals surface area contributed by atoms with Crippen LogP contribution in [-0.2, 0) is 17.1 Å². The fraction of sp³-hybridized carbons (Fsp3) is 0.412. The molecule has 9 heteroatoms. The predicted octanol–water partition coefficient (Wildman–Crippen LogP) is 5.20. The minimum Gasteiger partial charge on any atom is -0.479 e. The number of alkyl halides is 6. The van der Waals surface area contributed by atoms with E-state index in [1.54, 1.807) is 13.8 Å². The van der Waals surface area contributed by atoms with Gasteiger partial charge in [0.1, 0.15) is 0 Å². The van der Waals surface area contributed by atoms with E-state index >= 15 is 0 Å². The van der Waals surface area contributed by atoms with Gasteiger partial charge in [0.2, 0.25) is 0 Å². The zero-order valence-corrected chi connectivity index (χ0v) is 13.9. The van der Waals surface area contributed by atoms with E-state index < -0.39 is 40.6 Å². The minimum absolute atomic E-state index is 0.0105. The Morgan fingerprint density at radius 1 is 1.12 bits per heavy atom. The number of rotatable bonds is 6. The molecule has 1 aromatic rings. The van der Waals surface area contributed by atoms with Crippen molar-refractivity contribution in [1.29, 1.82) is 0 Å². The lowest BCUT2D eigenvalue weighted by molar-refractivity contribution is -0.143. The van der Waals surface area contributed by atoms with Gasteiger partial charge in [-0.15, -0.1) is 6.58 Å². The van der Waals surface area contributed by atoms with Crippen molar-refractivity contribution in [2.45, 2.75) is 38.2 Å². The number of aliphatic imine (C=N–C) groups is 1. The maximum atomic E-state index is 12.9. The van der Waals surface area contributed by atoms with Gasteiger partial charge >= 0.3 is 18.3 Å². The summed E-state index contributed by atoms with van der Waals surface area (Å²) in [5.41, 5.74) is -5.36. The molecule has 1 N–H and O–H groups in total. The van der Waals surface area contributed by atoms with E-state index in [1.807, 2.05) is 0 Å². The third-order valence-corrected chi connectivity index (χ3v) is 3.48. The van der Waals surface area contributed by atoms with Crippen molar-refractivity contribution in [3.63, 3.8) is 0 Å². The SMILES string of the molecule is C=C[C@](CC(C)C)(N=Cc1cc(C(F)(F)F)cc(C(F)(F)F)c1)C(=O)O. The second-order valence-electron chi connectivity index (χ2n) is 6.13. The third kappa shape index (κ3) is 5.34. The molecule has 0 saturated carbocycles. The molecule has 0 radical (unpaired) electrons. The van der Waals surface area contributed by atoms with Gasteiger partial charge in [-0.3, -0.25) is 4.99 Å². The highest BCUT2D eigenvalue weighted by atomic mass is 19.4. The van der Waals surface area contributed by atoms with Crippen molar-refractivity contribution in [1.82, 2.24) is 0 Å². The monoisotopic (exact) mass is 381 g/mol. The highest BCUT2D eigenvalue weighted by Gasteiger charge is 2.38. The normalized spacial score (nSPS) is 15.3. The van der Waals surface area contributed by atoms with Gasteiger partial charge in [0, 0.05) is 6.21 Å². The fourth-order valence-corrected chi connectivity index (χ4v) is 2.28. The van der Waals surface area contributed by atoms with Crippen LogP contribution in [0.3, 0.4) is 0 Å². The first kappa shape index (κ1) is 21.7. The number of carboxylic acids is 1. The Kier molecular flexibility index (Phi) is 6.27. The molecule has 3 nitrogen and oxygen atoms in total. The number of halogens is 6. The van der Waals surface area contributed by atoms with Gasteiger partial charge in [-0.05, 0) is 36.1 Å². The van der Waals surface area contributed by atoms with Gasteiger partial charge in [0.05, 0.1) is 11.1 Å². The lowest BCUT2D eigenvalue weighted by Crippen LogP contribution is -2.36. The Balaban J connectivity index is 3.47. The number of aliphatic carboxylic acids is 1. The molecule has 144 valence electrons. The van der Waals surface area contributed by atoms with E-state index in [2.05, 4.69) is 11.6 Å². The number of hydrogen-bond donors (Lipinski definition) is 1. The molecule has 0 aliphatic heterocycles. The molecule has 0 saturated heterocycles. The van der Waals surface area contributed by atoms with Crippen LogP contribution >= 0.6 is 0 Å². The molecular weight excluding hydrogens is 364 g/mol. The Labute approximate surface area is 146 Å². The highest BCUT2D eigenvalue weighted by molar-refractivity contribution is 5.88. The van der Waals surface area contributed by atoms with E-state index in [4.69, 9.17) is 0 Å². The number of benzene rings is 1. The van der Waals surface area contributed by atoms with Crippen LogP contribution in [0.15, 0.2) is 35.8 Å². The molecule has 0 amide bonds. The average molecular weight is 381 g/mol. The van der Waals surface area contributed by atoms with E-state index in [0.29, 0.717) is 18.3 Å². The molecular formula is C17H17F6NO2. The average Bonchev–Trinajstić information content (AvgIpc) is 2.48. The summed E-state index contributed by atoms with van der Waals surface area (Å²) >= 11 is 0. The Bertz CT molecular complexity index is 674. The summed E-state index contributed by atoms with van der Waals surface area (Å²) in [7, 11) is 0. The van der Waals surface area contributed by atoms with Crippen molar-refractivity contribution >= 4 is 12.2 Å². The summed E-state index contributed by atoms with van der Waals surface area (Å²) in [5, 5.41) is 9.37. The maximum Gasteiger partial charge on any atom is 0.416 e. The quantitative estimate of drug-likeness (QED) is 0.418. The third-order valence-electron chi connectivity index (χ3n) is 3.48. The number of hydrogen-bond acceptors (Lipinski definition) is 2. The predicted molar refractivity (Wildman–Crippen MR) is 84.1 cm³/mol. The number of carboxylic acid groups (broad SMARTS) is 1. The summed E-state index contributed by atoms with van der Waals surface area (Å²) in [4.78, 5) is 15.3. The molecule has 1 aromatic carbocycles. The largest absolute Gasteiger partial charge is 0.479 e. The fourth-order valence-electron chi connectivity index (χ4n) is 2.28. The minimum atomic E-state index is -5.00. The topological polar surface area (TPSA) is 49.7 Å². The first-order valence-electron chi connectivity index (χ1n) is 7.43. The summed E-state index contributed by atoms with van der Waals surface area (Å²) in [5.74, 6) is -1.56. The van der Waals surface area contributed by atoms with Gasteiger partial charge in [-0.1, -0.05) is 19.9 Å². The highest BCUT2D eigenvalue weighted by Crippen LogP contribution is 2.36. The first-order valence-corrected chi connectivity index (χ1v) is 7.43. The van der Waals surface area contributed by atoms with Crippen LogP contribution in [0, 0.1) is 5.92 Å². The smallest absolute Gasteiger partial charge is 0.416 e. The van der Waals surface area contributed by atoms with Gasteiger partial charge in [-0.2, -0.15) is 26.3 Å². The molecule has 0 bridgehead atoms. The van der Waals surface area contributed by atoms with E-state index in [1.165, 1.54) is 0 Å². The van der Waals surface area contributed by atoms with Crippen molar-refractivity contribution < 1.29 is 36.2 Å². The van der Waals surface area contributed by atoms with E-state index in [9.17, 15) is 36.2 Å². The zero-order valence-electron chi connectivity index (χ0n) is 13.9. The lowest BCUT2D eigenvalue weighted by atomic mass is 9.89. The molecule has 1 atom stereocenters. The first-order chi connectivity index (χ1) is 11.7. The second kappa shape index (κ2) is 7.51. The van der Waals surface area contributed by atoms with Gasteiger partial charge in [-0.25, -0.2) is 4.79 Å². The summed E-state index contributed by atoms with van der Waals surface area (Å²) in [6.45, 7) is 6.77. The van der Waals surface area contributed by atoms with Crippen LogP contribution in [0.25, 0.3) is 0 Å². The maximum absolute atomic E-state index is 12.9. The summed E-state index contributed by atoms with van der Waals surface area (Å²) in [6, 6.07) is 0.942. The molecule has 0 aliphatic rings. The van der Waals surface area contributed by atoms with Crippen LogP contribution in [0.1, 0.15) is 37.0 Å².